The van der Waals surface area contributed by atoms with Crippen LogP contribution in [0.15, 0.2) is 182 Å². The molecule has 9 aromatic rings. The molecule has 0 heterocycles. The number of aryl methyl sites for hydroxylation is 4. The molecule has 0 unspecified atom stereocenters. The largest absolute Gasteiger partial charge is 0.310 e. The van der Waals surface area contributed by atoms with E-state index in [0.717, 1.165) is 56.4 Å². The Morgan fingerprint density at radius 2 is 0.569 bits per heavy atom. The number of halogens is 2. The highest BCUT2D eigenvalue weighted by Gasteiger charge is 2.37. The van der Waals surface area contributed by atoms with Gasteiger partial charge in [-0.05, 0) is 214 Å². The fraction of sp³-hybridized carbons (Fsp3) is 0.147. The van der Waals surface area contributed by atoms with Gasteiger partial charge in [0, 0.05) is 45.0 Å². The Morgan fingerprint density at radius 1 is 0.292 bits per heavy atom. The number of hydrogen-bond acceptors (Lipinski definition) is 2. The highest BCUT2D eigenvalue weighted by molar-refractivity contribution is 5.89. The van der Waals surface area contributed by atoms with Crippen LogP contribution in [-0.2, 0) is 10.8 Å². The summed E-state index contributed by atoms with van der Waals surface area (Å²) in [5.41, 5.74) is 25.1. The number of fused-ring (bicyclic) bond motifs is 6. The maximum Gasteiger partial charge on any atom is 0.123 e. The molecule has 0 saturated heterocycles. The molecule has 2 nitrogen and oxygen atoms in total. The van der Waals surface area contributed by atoms with Gasteiger partial charge in [0.1, 0.15) is 11.6 Å². The Morgan fingerprint density at radius 3 is 0.917 bits per heavy atom. The van der Waals surface area contributed by atoms with Crippen LogP contribution in [-0.4, -0.2) is 0 Å². The molecule has 0 atom stereocenters. The summed E-state index contributed by atoms with van der Waals surface area (Å²) >= 11 is 0. The Kier molecular flexibility index (Phi) is 11.5. The lowest BCUT2D eigenvalue weighted by molar-refractivity contribution is 0.627. The van der Waals surface area contributed by atoms with Crippen molar-refractivity contribution in [1.82, 2.24) is 0 Å². The summed E-state index contributed by atoms with van der Waals surface area (Å²) in [4.78, 5) is 4.47. The van der Waals surface area contributed by atoms with Crippen molar-refractivity contribution in [1.29, 1.82) is 0 Å². The van der Waals surface area contributed by atoms with Gasteiger partial charge in [0.25, 0.3) is 0 Å². The van der Waals surface area contributed by atoms with Crippen LogP contribution in [0.2, 0.25) is 0 Å². The van der Waals surface area contributed by atoms with Crippen molar-refractivity contribution in [3.8, 4) is 22.3 Å². The lowest BCUT2D eigenvalue weighted by Gasteiger charge is -2.28. The van der Waals surface area contributed by atoms with Gasteiger partial charge in [-0.2, -0.15) is 0 Å². The molecule has 0 radical (unpaired) electrons. The Labute approximate surface area is 423 Å². The first-order valence-electron chi connectivity index (χ1n) is 24.9. The van der Waals surface area contributed by atoms with Gasteiger partial charge in [-0.25, -0.2) is 8.78 Å². The summed E-state index contributed by atoms with van der Waals surface area (Å²) < 4.78 is 28.3. The van der Waals surface area contributed by atoms with E-state index < -0.39 is 0 Å². The van der Waals surface area contributed by atoms with Crippen molar-refractivity contribution in [2.75, 3.05) is 9.80 Å². The standard InChI is InChI=1S/C68H58F2N2/c1-43-33-44(2)36-57(35-43)71(53-23-19-51(69)20-24-53)55-27-31-61-59-29-17-49(39-63(59)67(5,6)65(61)41-55)15-13-47-9-11-48(12-10-47)14-16-50-18-30-60-62-32-28-56(42-66(62)68(7,8)64(60)40-50)72(54-25-21-52(70)22-26-54)58-37-45(3)34-46(4)38-58/h9-42H,1-8H3/b15-13+,16-14+. The second kappa shape index (κ2) is 18.0. The van der Waals surface area contributed by atoms with E-state index in [-0.39, 0.29) is 22.5 Å². The maximum absolute atomic E-state index is 14.1. The van der Waals surface area contributed by atoms with E-state index in [2.05, 4.69) is 223 Å². The smallest absolute Gasteiger partial charge is 0.123 e. The van der Waals surface area contributed by atoms with E-state index >= 15 is 0 Å². The van der Waals surface area contributed by atoms with E-state index in [9.17, 15) is 8.78 Å². The summed E-state index contributed by atoms with van der Waals surface area (Å²) in [7, 11) is 0. The van der Waals surface area contributed by atoms with Gasteiger partial charge >= 0.3 is 0 Å². The second-order valence-electron chi connectivity index (χ2n) is 21.0. The van der Waals surface area contributed by atoms with Crippen LogP contribution < -0.4 is 9.80 Å². The molecular weight excluding hydrogens is 883 g/mol. The van der Waals surface area contributed by atoms with E-state index in [1.807, 2.05) is 24.3 Å². The second-order valence-corrected chi connectivity index (χ2v) is 21.0. The van der Waals surface area contributed by atoms with Crippen molar-refractivity contribution in [3.63, 3.8) is 0 Å². The number of nitrogens with zero attached hydrogens (tertiary/aromatic N) is 2. The number of hydrogen-bond donors (Lipinski definition) is 0. The molecule has 4 heteroatoms. The van der Waals surface area contributed by atoms with Crippen LogP contribution in [0, 0.1) is 39.3 Å². The molecule has 0 saturated carbocycles. The van der Waals surface area contributed by atoms with Gasteiger partial charge < -0.3 is 9.80 Å². The minimum Gasteiger partial charge on any atom is -0.310 e. The molecule has 0 N–H and O–H groups in total. The monoisotopic (exact) mass is 940 g/mol. The number of rotatable bonds is 10. The topological polar surface area (TPSA) is 6.48 Å². The molecular formula is C68H58F2N2. The minimum absolute atomic E-state index is 0.229. The first kappa shape index (κ1) is 46.3. The van der Waals surface area contributed by atoms with E-state index in [1.54, 1.807) is 0 Å². The molecule has 11 rings (SSSR count). The van der Waals surface area contributed by atoms with Gasteiger partial charge in [-0.1, -0.05) is 137 Å². The molecule has 0 bridgehead atoms. The third-order valence-corrected chi connectivity index (χ3v) is 14.9. The van der Waals surface area contributed by atoms with Crippen molar-refractivity contribution >= 4 is 58.4 Å². The van der Waals surface area contributed by atoms with Gasteiger partial charge in [0.2, 0.25) is 0 Å². The Hall–Kier alpha value is -8.08. The molecule has 0 aromatic heterocycles. The van der Waals surface area contributed by atoms with Crippen molar-refractivity contribution in [3.05, 3.63) is 260 Å². The normalized spacial score (nSPS) is 13.8. The Balaban J connectivity index is 0.803. The third-order valence-electron chi connectivity index (χ3n) is 14.9. The van der Waals surface area contributed by atoms with E-state index in [1.165, 1.54) is 91.0 Å². The molecule has 9 aromatic carbocycles. The highest BCUT2D eigenvalue weighted by atomic mass is 19.1. The molecule has 2 aliphatic rings. The van der Waals surface area contributed by atoms with Crippen LogP contribution in [0.5, 0.6) is 0 Å². The zero-order chi connectivity index (χ0) is 50.1. The van der Waals surface area contributed by atoms with Gasteiger partial charge in [0.15, 0.2) is 0 Å². The molecule has 0 spiro atoms. The maximum atomic E-state index is 14.1. The van der Waals surface area contributed by atoms with Crippen molar-refractivity contribution in [2.45, 2.75) is 66.2 Å². The molecule has 72 heavy (non-hydrogen) atoms. The summed E-state index contributed by atoms with van der Waals surface area (Å²) in [5, 5.41) is 0. The average molecular weight is 941 g/mol. The van der Waals surface area contributed by atoms with Crippen LogP contribution in [0.1, 0.15) is 94.5 Å². The van der Waals surface area contributed by atoms with Crippen molar-refractivity contribution < 1.29 is 8.78 Å². The molecule has 0 amide bonds. The predicted octanol–water partition coefficient (Wildman–Crippen LogP) is 19.1. The lowest BCUT2D eigenvalue weighted by atomic mass is 9.81. The fourth-order valence-electron chi connectivity index (χ4n) is 11.3. The zero-order valence-corrected chi connectivity index (χ0v) is 42.3. The minimum atomic E-state index is -0.248. The van der Waals surface area contributed by atoms with Crippen LogP contribution in [0.3, 0.4) is 0 Å². The van der Waals surface area contributed by atoms with Gasteiger partial charge in [0.05, 0.1) is 0 Å². The van der Waals surface area contributed by atoms with Gasteiger partial charge in [-0.15, -0.1) is 0 Å². The summed E-state index contributed by atoms with van der Waals surface area (Å²) in [6, 6.07) is 62.6. The van der Waals surface area contributed by atoms with E-state index in [0.29, 0.717) is 0 Å². The van der Waals surface area contributed by atoms with Crippen molar-refractivity contribution in [2.24, 2.45) is 0 Å². The van der Waals surface area contributed by atoms with Gasteiger partial charge in [-0.3, -0.25) is 0 Å². The molecule has 0 aliphatic heterocycles. The van der Waals surface area contributed by atoms with E-state index in [4.69, 9.17) is 0 Å². The average Bonchev–Trinajstić information content (AvgIpc) is 3.71. The molecule has 2 aliphatic carbocycles. The number of benzene rings is 9. The third kappa shape index (κ3) is 8.55. The zero-order valence-electron chi connectivity index (χ0n) is 42.3. The summed E-state index contributed by atoms with van der Waals surface area (Å²) in [6.45, 7) is 17.7. The SMILES string of the molecule is Cc1cc(C)cc(N(c2ccc(F)cc2)c2ccc3c(c2)C(C)(C)c2cc(/C=C/c4ccc(/C=C/c5ccc6c(c5)C(C)(C)c5cc(N(c7ccc(F)cc7)c7cc(C)cc(C)c7)ccc5-6)cc4)ccc2-3)c1. The quantitative estimate of drug-likeness (QED) is 0.126. The first-order valence-corrected chi connectivity index (χ1v) is 24.9. The van der Waals surface area contributed by atoms with Crippen LogP contribution in [0.4, 0.5) is 42.9 Å². The number of anilines is 6. The molecule has 0 fully saturated rings. The summed E-state index contributed by atoms with van der Waals surface area (Å²) in [6.07, 6.45) is 8.81. The fourth-order valence-corrected chi connectivity index (χ4v) is 11.3. The van der Waals surface area contributed by atoms with Crippen LogP contribution >= 0.6 is 0 Å². The van der Waals surface area contributed by atoms with Crippen LogP contribution in [0.25, 0.3) is 46.6 Å². The predicted molar refractivity (Wildman–Crippen MR) is 301 cm³/mol. The lowest BCUT2D eigenvalue weighted by Crippen LogP contribution is -2.17. The highest BCUT2D eigenvalue weighted by Crippen LogP contribution is 2.53. The molecule has 354 valence electrons. The first-order chi connectivity index (χ1) is 34.6. The summed E-state index contributed by atoms with van der Waals surface area (Å²) in [5.74, 6) is -0.497. The Bertz CT molecular complexity index is 3350.